The molecule has 0 aromatic heterocycles. The quantitative estimate of drug-likeness (QED) is 0.729. The molecule has 0 saturated carbocycles. The van der Waals surface area contributed by atoms with E-state index in [0.29, 0.717) is 0 Å². The molecule has 0 fully saturated rings. The lowest BCUT2D eigenvalue weighted by molar-refractivity contribution is 0.669. The van der Waals surface area contributed by atoms with E-state index in [1.807, 2.05) is 28.2 Å². The van der Waals surface area contributed by atoms with E-state index in [0.717, 1.165) is 0 Å². The lowest BCUT2D eigenvalue weighted by Crippen LogP contribution is -2.10. The highest BCUT2D eigenvalue weighted by molar-refractivity contribution is 8.07. The van der Waals surface area contributed by atoms with E-state index < -0.39 is 20.1 Å². The third kappa shape index (κ3) is 3.51. The van der Waals surface area contributed by atoms with Crippen molar-refractivity contribution in [2.75, 3.05) is 35.2 Å². The Balaban J connectivity index is 3.60. The van der Waals surface area contributed by atoms with Gasteiger partial charge in [-0.25, -0.2) is 9.34 Å². The monoisotopic (exact) mass is 358 g/mol. The van der Waals surface area contributed by atoms with Crippen molar-refractivity contribution in [3.63, 3.8) is 0 Å². The summed E-state index contributed by atoms with van der Waals surface area (Å²) in [5.74, 6) is 0. The second kappa shape index (κ2) is 5.44. The maximum atomic E-state index is 6.47. The minimum atomic E-state index is -2.57. The van der Waals surface area contributed by atoms with Gasteiger partial charge in [0.05, 0.1) is 0 Å². The summed E-state index contributed by atoms with van der Waals surface area (Å²) in [6.45, 7) is -7.68. The van der Waals surface area contributed by atoms with Crippen molar-refractivity contribution in [1.29, 1.82) is 0 Å². The Morgan fingerprint density at radius 2 is 1.24 bits per heavy atom. The molecule has 6 nitrogen and oxygen atoms in total. The lowest BCUT2D eigenvalue weighted by atomic mass is 11.3. The van der Waals surface area contributed by atoms with Crippen molar-refractivity contribution in [1.82, 2.24) is 14.4 Å². The first-order chi connectivity index (χ1) is 7.57. The van der Waals surface area contributed by atoms with Crippen LogP contribution in [0.25, 0.3) is 0 Å². The zero-order valence-electron chi connectivity index (χ0n) is 10.2. The van der Waals surface area contributed by atoms with Gasteiger partial charge in [0.1, 0.15) is 0 Å². The zero-order chi connectivity index (χ0) is 13.5. The fourth-order valence-corrected chi connectivity index (χ4v) is 15.2. The second-order valence-electron chi connectivity index (χ2n) is 3.70. The van der Waals surface area contributed by atoms with Gasteiger partial charge in [-0.15, -0.1) is 0 Å². The van der Waals surface area contributed by atoms with Crippen LogP contribution in [0.1, 0.15) is 0 Å². The SMILES string of the molecule is CNP1(Cl)=NP(Cl)(N(C)C)=NP(Cl)(N(C)C)=N1. The molecule has 102 valence electrons. The number of hydrogen-bond donors (Lipinski definition) is 1. The largest absolute Gasteiger partial charge is 0.256 e. The summed E-state index contributed by atoms with van der Waals surface area (Å²) in [6, 6.07) is 0. The van der Waals surface area contributed by atoms with E-state index in [4.69, 9.17) is 33.7 Å². The number of nitrogens with zero attached hydrogens (tertiary/aromatic N) is 5. The molecule has 3 unspecified atom stereocenters. The average molecular weight is 360 g/mol. The highest BCUT2D eigenvalue weighted by atomic mass is 35.7. The van der Waals surface area contributed by atoms with E-state index in [2.05, 4.69) is 18.6 Å². The molecule has 1 aliphatic heterocycles. The van der Waals surface area contributed by atoms with Crippen molar-refractivity contribution >= 4 is 53.8 Å². The van der Waals surface area contributed by atoms with Gasteiger partial charge in [-0.3, -0.25) is 5.09 Å². The van der Waals surface area contributed by atoms with Crippen molar-refractivity contribution in [3.8, 4) is 0 Å². The number of nitrogens with one attached hydrogen (secondary N) is 1. The molecule has 0 aromatic carbocycles. The van der Waals surface area contributed by atoms with Crippen molar-refractivity contribution in [2.45, 2.75) is 0 Å². The zero-order valence-corrected chi connectivity index (χ0v) is 15.2. The van der Waals surface area contributed by atoms with E-state index in [1.165, 1.54) is 0 Å². The van der Waals surface area contributed by atoms with Crippen LogP contribution in [0.5, 0.6) is 0 Å². The van der Waals surface area contributed by atoms with Crippen LogP contribution in [-0.4, -0.2) is 44.6 Å². The van der Waals surface area contributed by atoms with Gasteiger partial charge in [0, 0.05) is 0 Å². The van der Waals surface area contributed by atoms with Gasteiger partial charge in [-0.1, -0.05) is 0 Å². The van der Waals surface area contributed by atoms with Crippen molar-refractivity contribution < 1.29 is 0 Å². The third-order valence-electron chi connectivity index (χ3n) is 1.99. The van der Waals surface area contributed by atoms with Crippen LogP contribution < -0.4 is 5.09 Å². The Bertz CT molecular complexity index is 458. The third-order valence-corrected chi connectivity index (χ3v) is 16.1. The summed E-state index contributed by atoms with van der Waals surface area (Å²) in [5, 5.41) is 2.92. The Labute approximate surface area is 117 Å². The summed E-state index contributed by atoms with van der Waals surface area (Å²) < 4.78 is 16.8. The van der Waals surface area contributed by atoms with Gasteiger partial charge in [0.15, 0.2) is 0 Å². The van der Waals surface area contributed by atoms with Gasteiger partial charge in [0.25, 0.3) is 0 Å². The lowest BCUT2D eigenvalue weighted by Gasteiger charge is -2.32. The van der Waals surface area contributed by atoms with Crippen LogP contribution in [-0.2, 0) is 0 Å². The number of halogens is 3. The molecule has 1 aliphatic rings. The van der Waals surface area contributed by atoms with E-state index in [1.54, 1.807) is 16.4 Å². The first-order valence-corrected chi connectivity index (χ1v) is 12.3. The molecule has 0 saturated heterocycles. The molecule has 1 rings (SSSR count). The molecule has 0 radical (unpaired) electrons. The molecule has 17 heavy (non-hydrogen) atoms. The number of rotatable bonds is 3. The summed E-state index contributed by atoms with van der Waals surface area (Å²) in [6.07, 6.45) is 0. The fourth-order valence-electron chi connectivity index (χ4n) is 0.910. The van der Waals surface area contributed by atoms with Crippen LogP contribution in [0, 0.1) is 0 Å². The molecule has 3 atom stereocenters. The molecular weight excluding hydrogens is 343 g/mol. The van der Waals surface area contributed by atoms with Gasteiger partial charge >= 0.3 is 0 Å². The maximum Gasteiger partial charge on any atom is 0.238 e. The highest BCUT2D eigenvalue weighted by Crippen LogP contribution is 2.82. The van der Waals surface area contributed by atoms with Crippen LogP contribution >= 0.6 is 53.8 Å². The summed E-state index contributed by atoms with van der Waals surface area (Å²) >= 11 is 19.3. The van der Waals surface area contributed by atoms with Gasteiger partial charge < -0.3 is 0 Å². The van der Waals surface area contributed by atoms with E-state index in [9.17, 15) is 0 Å². The van der Waals surface area contributed by atoms with Gasteiger partial charge in [0.2, 0.25) is 20.1 Å². The minimum Gasteiger partial charge on any atom is -0.256 e. The van der Waals surface area contributed by atoms with Crippen LogP contribution in [0.15, 0.2) is 13.5 Å². The maximum absolute atomic E-state index is 6.47. The topological polar surface area (TPSA) is 55.6 Å². The molecule has 0 amide bonds. The van der Waals surface area contributed by atoms with Crippen LogP contribution in [0.3, 0.4) is 0 Å². The van der Waals surface area contributed by atoms with Crippen molar-refractivity contribution in [2.24, 2.45) is 13.5 Å². The minimum absolute atomic E-state index is 1.70. The van der Waals surface area contributed by atoms with Crippen LogP contribution in [0.2, 0.25) is 0 Å². The van der Waals surface area contributed by atoms with Crippen LogP contribution in [0.4, 0.5) is 0 Å². The standard InChI is InChI=1S/C5H16Cl3N6P3/c1-9-15(6)10-16(7,13(2)3)12-17(8,11-15)14(4)5/h9H,1-5H3. The van der Waals surface area contributed by atoms with Gasteiger partial charge in [-0.05, 0) is 69.0 Å². The summed E-state index contributed by atoms with van der Waals surface area (Å²) in [4.78, 5) is 0. The first-order valence-electron chi connectivity index (χ1n) is 4.62. The highest BCUT2D eigenvalue weighted by Gasteiger charge is 2.36. The molecule has 12 heteroatoms. The van der Waals surface area contributed by atoms with E-state index in [-0.39, 0.29) is 0 Å². The van der Waals surface area contributed by atoms with E-state index >= 15 is 0 Å². The molecule has 0 spiro atoms. The predicted molar refractivity (Wildman–Crippen MR) is 82.0 cm³/mol. The molecule has 0 aromatic rings. The predicted octanol–water partition coefficient (Wildman–Crippen LogP) is 4.90. The van der Waals surface area contributed by atoms with Gasteiger partial charge in [-0.2, -0.15) is 13.5 Å². The fraction of sp³-hybridized carbons (Fsp3) is 1.00. The molecule has 1 heterocycles. The Kier molecular flexibility index (Phi) is 5.28. The average Bonchev–Trinajstić information content (AvgIpc) is 2.15. The Morgan fingerprint density at radius 3 is 1.59 bits per heavy atom. The molecule has 1 N–H and O–H groups in total. The first kappa shape index (κ1) is 16.5. The molecule has 0 aliphatic carbocycles. The van der Waals surface area contributed by atoms with Crippen molar-refractivity contribution in [3.05, 3.63) is 0 Å². The molecular formula is C5H16Cl3N6P3. The number of hydrogen-bond acceptors (Lipinski definition) is 6. The Hall–Kier alpha value is 1.44. The second-order valence-corrected chi connectivity index (χ2v) is 15.1. The Morgan fingerprint density at radius 1 is 0.824 bits per heavy atom. The summed E-state index contributed by atoms with van der Waals surface area (Å²) in [5.41, 5.74) is 0. The summed E-state index contributed by atoms with van der Waals surface area (Å²) in [7, 11) is 8.95. The smallest absolute Gasteiger partial charge is 0.238 e. The normalized spacial score (nSPS) is 42.0. The molecule has 0 bridgehead atoms.